The molecular formula is C26H24N6O2. The lowest BCUT2D eigenvalue weighted by Crippen LogP contribution is -2.16. The number of H-pyrrole nitrogens is 1. The maximum absolute atomic E-state index is 12.5. The summed E-state index contributed by atoms with van der Waals surface area (Å²) in [6.07, 6.45) is 6.16. The van der Waals surface area contributed by atoms with Gasteiger partial charge >= 0.3 is 0 Å². The van der Waals surface area contributed by atoms with Crippen LogP contribution in [0.3, 0.4) is 0 Å². The van der Waals surface area contributed by atoms with Crippen molar-refractivity contribution in [3.8, 4) is 5.88 Å². The summed E-state index contributed by atoms with van der Waals surface area (Å²) in [5.74, 6) is 0.541. The highest BCUT2D eigenvalue weighted by Crippen LogP contribution is 2.27. The van der Waals surface area contributed by atoms with Crippen molar-refractivity contribution >= 4 is 34.5 Å². The maximum Gasteiger partial charge on any atom is 0.273 e. The number of aromatic hydroxyl groups is 1. The van der Waals surface area contributed by atoms with Crippen LogP contribution in [0.4, 0.5) is 5.69 Å². The van der Waals surface area contributed by atoms with Gasteiger partial charge in [-0.05, 0) is 60.9 Å². The highest BCUT2D eigenvalue weighted by atomic mass is 16.3. The van der Waals surface area contributed by atoms with Crippen LogP contribution < -0.4 is 5.32 Å². The van der Waals surface area contributed by atoms with Crippen LogP contribution in [0.5, 0.6) is 5.88 Å². The van der Waals surface area contributed by atoms with Gasteiger partial charge in [0.05, 0.1) is 17.8 Å². The summed E-state index contributed by atoms with van der Waals surface area (Å²) in [6, 6.07) is 15.6. The van der Waals surface area contributed by atoms with Crippen LogP contribution in [-0.4, -0.2) is 44.4 Å². The van der Waals surface area contributed by atoms with Gasteiger partial charge in [-0.15, -0.1) is 0 Å². The molecule has 0 bridgehead atoms. The second-order valence-corrected chi connectivity index (χ2v) is 8.25. The Labute approximate surface area is 196 Å². The molecule has 3 heterocycles. The van der Waals surface area contributed by atoms with Crippen LogP contribution in [-0.2, 0) is 13.5 Å². The molecule has 8 nitrogen and oxygen atoms in total. The number of amides is 1. The molecule has 0 spiro atoms. The Balaban J connectivity index is 1.32. The zero-order valence-electron chi connectivity index (χ0n) is 18.9. The van der Waals surface area contributed by atoms with Gasteiger partial charge < -0.3 is 15.4 Å². The number of aryl methyl sites for hydroxylation is 2. The maximum atomic E-state index is 12.5. The summed E-state index contributed by atoms with van der Waals surface area (Å²) < 4.78 is 1.57. The summed E-state index contributed by atoms with van der Waals surface area (Å²) in [5.41, 5.74) is 5.73. The number of carbonyl (C=O) groups excluding carboxylic acids is 1. The molecule has 5 rings (SSSR count). The van der Waals surface area contributed by atoms with Gasteiger partial charge in [0.1, 0.15) is 11.5 Å². The first kappa shape index (κ1) is 21.4. The third kappa shape index (κ3) is 4.38. The molecule has 0 saturated carbocycles. The van der Waals surface area contributed by atoms with Gasteiger partial charge in [-0.1, -0.05) is 24.3 Å². The molecular weight excluding hydrogens is 428 g/mol. The summed E-state index contributed by atoms with van der Waals surface area (Å²) in [5, 5.41) is 18.4. The highest BCUT2D eigenvalue weighted by molar-refractivity contribution is 6.08. The van der Waals surface area contributed by atoms with Gasteiger partial charge in [-0.25, -0.2) is 4.99 Å². The SMILES string of the molecule is Cc1cc(C(=O)Nc2ccc(Cc3ccc4[nH]c(O)c(C=NC5=NCC=C5)c4c3)cc2)n(C)n1. The molecule has 1 amide bonds. The van der Waals surface area contributed by atoms with Gasteiger partial charge in [-0.2, -0.15) is 5.10 Å². The standard InChI is InChI=1S/C26H24N6O2/c1-16-12-23(32(2)31-16)26(34)29-19-8-5-17(6-9-19)13-18-7-10-22-20(14-18)21(25(33)30-22)15-28-24-4-3-11-27-24/h3-10,12,14-15,30,33H,11,13H2,1-2H3,(H,29,34). The third-order valence-electron chi connectivity index (χ3n) is 5.69. The van der Waals surface area contributed by atoms with E-state index in [0.717, 1.165) is 33.4 Å². The molecule has 1 aliphatic heterocycles. The van der Waals surface area contributed by atoms with Gasteiger partial charge in [0.25, 0.3) is 5.91 Å². The largest absolute Gasteiger partial charge is 0.494 e. The molecule has 1 aliphatic rings. The second kappa shape index (κ2) is 8.82. The van der Waals surface area contributed by atoms with E-state index in [1.54, 1.807) is 24.0 Å². The molecule has 0 aliphatic carbocycles. The minimum absolute atomic E-state index is 0.0854. The molecule has 2 aromatic carbocycles. The summed E-state index contributed by atoms with van der Waals surface area (Å²) in [7, 11) is 1.75. The van der Waals surface area contributed by atoms with E-state index in [1.807, 2.05) is 55.5 Å². The smallest absolute Gasteiger partial charge is 0.273 e. The van der Waals surface area contributed by atoms with Gasteiger partial charge in [-0.3, -0.25) is 14.5 Å². The van der Waals surface area contributed by atoms with Gasteiger partial charge in [0, 0.05) is 29.9 Å². The number of anilines is 1. The van der Waals surface area contributed by atoms with Crippen LogP contribution >= 0.6 is 0 Å². The average Bonchev–Trinajstić information content (AvgIpc) is 3.52. The van der Waals surface area contributed by atoms with Crippen molar-refractivity contribution in [3.63, 3.8) is 0 Å². The number of rotatable bonds is 5. The van der Waals surface area contributed by atoms with E-state index < -0.39 is 0 Å². The lowest BCUT2D eigenvalue weighted by atomic mass is 10.0. The number of nitrogens with zero attached hydrogens (tertiary/aromatic N) is 4. The minimum Gasteiger partial charge on any atom is -0.494 e. The zero-order chi connectivity index (χ0) is 23.7. The Bertz CT molecular complexity index is 1470. The minimum atomic E-state index is -0.193. The molecule has 0 unspecified atom stereocenters. The fourth-order valence-corrected chi connectivity index (χ4v) is 4.02. The molecule has 0 fully saturated rings. The van der Waals surface area contributed by atoms with Crippen LogP contribution in [0.2, 0.25) is 0 Å². The number of carbonyl (C=O) groups is 1. The molecule has 0 saturated heterocycles. The quantitative estimate of drug-likeness (QED) is 0.396. The Morgan fingerprint density at radius 3 is 2.71 bits per heavy atom. The predicted molar refractivity (Wildman–Crippen MR) is 134 cm³/mol. The molecule has 3 N–H and O–H groups in total. The number of hydrogen-bond donors (Lipinski definition) is 3. The van der Waals surface area contributed by atoms with Crippen molar-refractivity contribution in [3.05, 3.63) is 88.8 Å². The molecule has 2 aromatic heterocycles. The van der Waals surface area contributed by atoms with Crippen LogP contribution in [0.15, 0.2) is 70.7 Å². The van der Waals surface area contributed by atoms with Crippen molar-refractivity contribution < 1.29 is 9.90 Å². The van der Waals surface area contributed by atoms with Crippen molar-refractivity contribution in [2.45, 2.75) is 13.3 Å². The van der Waals surface area contributed by atoms with E-state index in [9.17, 15) is 9.90 Å². The number of fused-ring (bicyclic) bond motifs is 1. The number of hydrogen-bond acceptors (Lipinski definition) is 5. The topological polar surface area (TPSA) is 108 Å². The summed E-state index contributed by atoms with van der Waals surface area (Å²) in [6.45, 7) is 2.50. The fraction of sp³-hybridized carbons (Fsp3) is 0.154. The van der Waals surface area contributed by atoms with Crippen molar-refractivity contribution in [2.75, 3.05) is 11.9 Å². The highest BCUT2D eigenvalue weighted by Gasteiger charge is 2.13. The number of aromatic nitrogens is 3. The monoisotopic (exact) mass is 452 g/mol. The number of aromatic amines is 1. The van der Waals surface area contributed by atoms with Crippen molar-refractivity contribution in [1.29, 1.82) is 0 Å². The summed E-state index contributed by atoms with van der Waals surface area (Å²) in [4.78, 5) is 24.1. The van der Waals surface area contributed by atoms with Gasteiger partial charge in [0.2, 0.25) is 0 Å². The average molecular weight is 453 g/mol. The fourth-order valence-electron chi connectivity index (χ4n) is 4.02. The van der Waals surface area contributed by atoms with E-state index in [0.29, 0.717) is 30.1 Å². The third-order valence-corrected chi connectivity index (χ3v) is 5.69. The molecule has 8 heteroatoms. The van der Waals surface area contributed by atoms with E-state index in [1.165, 1.54) is 0 Å². The predicted octanol–water partition coefficient (Wildman–Crippen LogP) is 4.15. The Kier molecular flexibility index (Phi) is 5.55. The molecule has 170 valence electrons. The van der Waals surface area contributed by atoms with Crippen molar-refractivity contribution in [1.82, 2.24) is 14.8 Å². The Morgan fingerprint density at radius 1 is 1.21 bits per heavy atom. The van der Waals surface area contributed by atoms with Crippen LogP contribution in [0, 0.1) is 6.92 Å². The number of aliphatic imine (C=N–C) groups is 2. The Morgan fingerprint density at radius 2 is 2.00 bits per heavy atom. The number of amidine groups is 1. The molecule has 34 heavy (non-hydrogen) atoms. The van der Waals surface area contributed by atoms with Crippen LogP contribution in [0.1, 0.15) is 32.9 Å². The lowest BCUT2D eigenvalue weighted by Gasteiger charge is -2.07. The van der Waals surface area contributed by atoms with E-state index in [4.69, 9.17) is 0 Å². The molecule has 0 radical (unpaired) electrons. The van der Waals surface area contributed by atoms with E-state index >= 15 is 0 Å². The Hall–Kier alpha value is -4.46. The number of benzene rings is 2. The first-order chi connectivity index (χ1) is 16.5. The lowest BCUT2D eigenvalue weighted by molar-refractivity contribution is 0.101. The molecule has 4 aromatic rings. The van der Waals surface area contributed by atoms with E-state index in [2.05, 4.69) is 31.5 Å². The zero-order valence-corrected chi connectivity index (χ0v) is 18.9. The van der Waals surface area contributed by atoms with Gasteiger partial charge in [0.15, 0.2) is 5.88 Å². The molecule has 0 atom stereocenters. The van der Waals surface area contributed by atoms with Crippen molar-refractivity contribution in [2.24, 2.45) is 17.0 Å². The van der Waals surface area contributed by atoms with E-state index in [-0.39, 0.29) is 11.8 Å². The second-order valence-electron chi connectivity index (χ2n) is 8.25. The first-order valence-electron chi connectivity index (χ1n) is 11.0. The summed E-state index contributed by atoms with van der Waals surface area (Å²) >= 11 is 0. The normalized spacial score (nSPS) is 13.2. The van der Waals surface area contributed by atoms with Crippen LogP contribution in [0.25, 0.3) is 10.9 Å². The first-order valence-corrected chi connectivity index (χ1v) is 11.0. The number of nitrogens with one attached hydrogen (secondary N) is 2.